The van der Waals surface area contributed by atoms with Crippen LogP contribution in [0.15, 0.2) is 24.3 Å². The van der Waals surface area contributed by atoms with Gasteiger partial charge in [0.25, 0.3) is 0 Å². The van der Waals surface area contributed by atoms with Gasteiger partial charge in [0.1, 0.15) is 0 Å². The first-order valence-electron chi connectivity index (χ1n) is 4.51. The third kappa shape index (κ3) is 3.09. The maximum absolute atomic E-state index is 11.4. The molecule has 0 heterocycles. The average molecular weight is 208 g/mol. The molecule has 1 rings (SSSR count). The SMILES string of the molecule is Cc1ccc(C(=O)O[C@@H](C)C(=O)O)cc1. The Morgan fingerprint density at radius 3 is 2.27 bits per heavy atom. The second kappa shape index (κ2) is 4.59. The molecule has 0 bridgehead atoms. The highest BCUT2D eigenvalue weighted by Crippen LogP contribution is 2.06. The van der Waals surface area contributed by atoms with E-state index in [4.69, 9.17) is 9.84 Å². The minimum Gasteiger partial charge on any atom is -0.479 e. The van der Waals surface area contributed by atoms with E-state index in [1.54, 1.807) is 24.3 Å². The molecule has 1 N–H and O–H groups in total. The molecular formula is C11H12O4. The van der Waals surface area contributed by atoms with E-state index in [1.165, 1.54) is 6.92 Å². The van der Waals surface area contributed by atoms with Crippen molar-refractivity contribution >= 4 is 11.9 Å². The van der Waals surface area contributed by atoms with Crippen molar-refractivity contribution in [1.29, 1.82) is 0 Å². The Labute approximate surface area is 87.5 Å². The van der Waals surface area contributed by atoms with Gasteiger partial charge in [0.05, 0.1) is 5.56 Å². The number of benzene rings is 1. The summed E-state index contributed by atoms with van der Waals surface area (Å²) in [6.45, 7) is 3.21. The zero-order valence-corrected chi connectivity index (χ0v) is 8.56. The number of ether oxygens (including phenoxy) is 1. The zero-order valence-electron chi connectivity index (χ0n) is 8.56. The van der Waals surface area contributed by atoms with Gasteiger partial charge in [-0.1, -0.05) is 17.7 Å². The minimum atomic E-state index is -1.16. The first-order chi connectivity index (χ1) is 7.00. The molecule has 0 saturated heterocycles. The maximum Gasteiger partial charge on any atom is 0.344 e. The van der Waals surface area contributed by atoms with Crippen LogP contribution in [-0.4, -0.2) is 23.1 Å². The van der Waals surface area contributed by atoms with E-state index in [2.05, 4.69) is 0 Å². The lowest BCUT2D eigenvalue weighted by Crippen LogP contribution is -2.23. The van der Waals surface area contributed by atoms with Crippen molar-refractivity contribution in [3.8, 4) is 0 Å². The molecule has 1 aromatic carbocycles. The second-order valence-electron chi connectivity index (χ2n) is 3.25. The van der Waals surface area contributed by atoms with Crippen LogP contribution in [0.2, 0.25) is 0 Å². The van der Waals surface area contributed by atoms with Crippen LogP contribution in [0.25, 0.3) is 0 Å². The van der Waals surface area contributed by atoms with Crippen molar-refractivity contribution in [2.24, 2.45) is 0 Å². The minimum absolute atomic E-state index is 0.355. The third-order valence-corrected chi connectivity index (χ3v) is 1.92. The van der Waals surface area contributed by atoms with E-state index in [1.807, 2.05) is 6.92 Å². The summed E-state index contributed by atoms with van der Waals surface area (Å²) < 4.78 is 4.70. The Morgan fingerprint density at radius 2 is 1.80 bits per heavy atom. The van der Waals surface area contributed by atoms with Crippen molar-refractivity contribution in [2.75, 3.05) is 0 Å². The topological polar surface area (TPSA) is 63.6 Å². The van der Waals surface area contributed by atoms with Crippen LogP contribution < -0.4 is 0 Å². The molecule has 0 aliphatic carbocycles. The highest BCUT2D eigenvalue weighted by molar-refractivity contribution is 5.91. The number of hydrogen-bond donors (Lipinski definition) is 1. The fourth-order valence-electron chi connectivity index (χ4n) is 0.969. The fourth-order valence-corrected chi connectivity index (χ4v) is 0.969. The van der Waals surface area contributed by atoms with Gasteiger partial charge in [-0.3, -0.25) is 0 Å². The van der Waals surface area contributed by atoms with Crippen molar-refractivity contribution in [2.45, 2.75) is 20.0 Å². The summed E-state index contributed by atoms with van der Waals surface area (Å²) in [6.07, 6.45) is -1.13. The molecule has 1 atom stereocenters. The van der Waals surface area contributed by atoms with Crippen LogP contribution in [-0.2, 0) is 9.53 Å². The first-order valence-corrected chi connectivity index (χ1v) is 4.51. The molecule has 0 saturated carbocycles. The quantitative estimate of drug-likeness (QED) is 0.767. The van der Waals surface area contributed by atoms with Crippen molar-refractivity contribution in [3.05, 3.63) is 35.4 Å². The van der Waals surface area contributed by atoms with Crippen molar-refractivity contribution in [1.82, 2.24) is 0 Å². The lowest BCUT2D eigenvalue weighted by atomic mass is 10.1. The number of carbonyl (C=O) groups excluding carboxylic acids is 1. The molecular weight excluding hydrogens is 196 g/mol. The van der Waals surface area contributed by atoms with Crippen LogP contribution in [0.4, 0.5) is 0 Å². The molecule has 1 aromatic rings. The van der Waals surface area contributed by atoms with Gasteiger partial charge in [0, 0.05) is 0 Å². The number of carboxylic acids is 1. The maximum atomic E-state index is 11.4. The molecule has 4 nitrogen and oxygen atoms in total. The lowest BCUT2D eigenvalue weighted by Gasteiger charge is -2.08. The number of hydrogen-bond acceptors (Lipinski definition) is 3. The molecule has 0 unspecified atom stereocenters. The molecule has 0 fully saturated rings. The average Bonchev–Trinajstić information content (AvgIpc) is 2.18. The molecule has 0 aliphatic heterocycles. The first kappa shape index (κ1) is 11.2. The number of aryl methyl sites for hydroxylation is 1. The monoisotopic (exact) mass is 208 g/mol. The summed E-state index contributed by atoms with van der Waals surface area (Å²) in [5.74, 6) is -1.78. The van der Waals surface area contributed by atoms with Gasteiger partial charge < -0.3 is 9.84 Å². The highest BCUT2D eigenvalue weighted by Gasteiger charge is 2.17. The Hall–Kier alpha value is -1.84. The Bertz CT molecular complexity index is 367. The predicted molar refractivity (Wildman–Crippen MR) is 53.7 cm³/mol. The summed E-state index contributed by atoms with van der Waals surface area (Å²) in [7, 11) is 0. The van der Waals surface area contributed by atoms with E-state index < -0.39 is 18.0 Å². The normalized spacial score (nSPS) is 11.9. The number of aliphatic carboxylic acids is 1. The molecule has 0 aliphatic rings. The van der Waals surface area contributed by atoms with Gasteiger partial charge in [-0.25, -0.2) is 9.59 Å². The summed E-state index contributed by atoms with van der Waals surface area (Å²) in [4.78, 5) is 21.8. The Kier molecular flexibility index (Phi) is 3.44. The van der Waals surface area contributed by atoms with Crippen LogP contribution in [0.3, 0.4) is 0 Å². The van der Waals surface area contributed by atoms with Crippen LogP contribution in [0.5, 0.6) is 0 Å². The second-order valence-corrected chi connectivity index (χ2v) is 3.25. The van der Waals surface area contributed by atoms with Gasteiger partial charge in [-0.05, 0) is 26.0 Å². The van der Waals surface area contributed by atoms with E-state index in [9.17, 15) is 9.59 Å². The van der Waals surface area contributed by atoms with E-state index >= 15 is 0 Å². The molecule has 0 spiro atoms. The third-order valence-electron chi connectivity index (χ3n) is 1.92. The standard InChI is InChI=1S/C11H12O4/c1-7-3-5-9(6-4-7)11(14)15-8(2)10(12)13/h3-6,8H,1-2H3,(H,12,13)/t8-/m0/s1. The van der Waals surface area contributed by atoms with Gasteiger partial charge >= 0.3 is 11.9 Å². The Balaban J connectivity index is 2.69. The van der Waals surface area contributed by atoms with Gasteiger partial charge in [-0.15, -0.1) is 0 Å². The van der Waals surface area contributed by atoms with Crippen molar-refractivity contribution in [3.63, 3.8) is 0 Å². The number of carboxylic acid groups (broad SMARTS) is 1. The van der Waals surface area contributed by atoms with E-state index in [0.717, 1.165) is 5.56 Å². The largest absolute Gasteiger partial charge is 0.479 e. The molecule has 80 valence electrons. The highest BCUT2D eigenvalue weighted by atomic mass is 16.6. The van der Waals surface area contributed by atoms with E-state index in [-0.39, 0.29) is 0 Å². The molecule has 4 heteroatoms. The van der Waals surface area contributed by atoms with Gasteiger partial charge in [-0.2, -0.15) is 0 Å². The number of rotatable bonds is 3. The van der Waals surface area contributed by atoms with Crippen LogP contribution in [0, 0.1) is 6.92 Å². The summed E-state index contributed by atoms with van der Waals surface area (Å²) in [5, 5.41) is 8.54. The lowest BCUT2D eigenvalue weighted by molar-refractivity contribution is -0.146. The Morgan fingerprint density at radius 1 is 1.27 bits per heavy atom. The van der Waals surface area contributed by atoms with Crippen LogP contribution in [0.1, 0.15) is 22.8 Å². The molecule has 0 radical (unpaired) electrons. The summed E-state index contributed by atoms with van der Waals surface area (Å²) in [5.41, 5.74) is 1.38. The zero-order chi connectivity index (χ0) is 11.4. The van der Waals surface area contributed by atoms with E-state index in [0.29, 0.717) is 5.56 Å². The van der Waals surface area contributed by atoms with Gasteiger partial charge in [0.15, 0.2) is 6.10 Å². The summed E-state index contributed by atoms with van der Waals surface area (Å²) >= 11 is 0. The molecule has 0 amide bonds. The molecule has 0 aromatic heterocycles. The smallest absolute Gasteiger partial charge is 0.344 e. The van der Waals surface area contributed by atoms with Gasteiger partial charge in [0.2, 0.25) is 0 Å². The number of esters is 1. The number of carbonyl (C=O) groups is 2. The molecule has 15 heavy (non-hydrogen) atoms. The van der Waals surface area contributed by atoms with Crippen molar-refractivity contribution < 1.29 is 19.4 Å². The fraction of sp³-hybridized carbons (Fsp3) is 0.273. The van der Waals surface area contributed by atoms with Crippen LogP contribution >= 0.6 is 0 Å². The predicted octanol–water partition coefficient (Wildman–Crippen LogP) is 1.62. The summed E-state index contributed by atoms with van der Waals surface area (Å²) in [6, 6.07) is 6.74.